The van der Waals surface area contributed by atoms with Crippen molar-refractivity contribution in [3.05, 3.63) is 107 Å². The number of esters is 1. The molecule has 0 spiro atoms. The summed E-state index contributed by atoms with van der Waals surface area (Å²) in [6, 6.07) is 22.5. The van der Waals surface area contributed by atoms with Gasteiger partial charge < -0.3 is 4.74 Å². The fourth-order valence-corrected chi connectivity index (χ4v) is 4.04. The molecule has 0 heterocycles. The molecule has 0 bridgehead atoms. The zero-order chi connectivity index (χ0) is 22.9. The van der Waals surface area contributed by atoms with Crippen molar-refractivity contribution in [3.63, 3.8) is 0 Å². The fourth-order valence-electron chi connectivity index (χ4n) is 4.04. The molecule has 0 N–H and O–H groups in total. The highest BCUT2D eigenvalue weighted by atomic mass is 16.5. The van der Waals surface area contributed by atoms with Crippen LogP contribution >= 0.6 is 0 Å². The van der Waals surface area contributed by atoms with Gasteiger partial charge in [-0.25, -0.2) is 4.79 Å². The Kier molecular flexibility index (Phi) is 8.44. The van der Waals surface area contributed by atoms with Crippen LogP contribution in [0.3, 0.4) is 0 Å². The van der Waals surface area contributed by atoms with Crippen LogP contribution in [0.1, 0.15) is 47.2 Å². The minimum atomic E-state index is -0.371. The van der Waals surface area contributed by atoms with Crippen LogP contribution in [0, 0.1) is 6.92 Å². The third-order valence-corrected chi connectivity index (χ3v) is 6.13. The Morgan fingerprint density at radius 1 is 0.812 bits per heavy atom. The highest BCUT2D eigenvalue weighted by Crippen LogP contribution is 2.28. The van der Waals surface area contributed by atoms with Crippen LogP contribution in [0.4, 0.5) is 0 Å². The highest BCUT2D eigenvalue weighted by molar-refractivity contribution is 5.81. The van der Waals surface area contributed by atoms with E-state index in [0.29, 0.717) is 13.0 Å². The van der Waals surface area contributed by atoms with Gasteiger partial charge in [0.2, 0.25) is 0 Å². The summed E-state index contributed by atoms with van der Waals surface area (Å²) in [6.07, 6.45) is 6.10. The molecular weight excluding hydrogens is 392 g/mol. The Labute approximate surface area is 193 Å². The predicted molar refractivity (Wildman–Crippen MR) is 134 cm³/mol. The molecule has 0 saturated carbocycles. The molecule has 0 aliphatic heterocycles. The van der Waals surface area contributed by atoms with Crippen LogP contribution in [0.15, 0.2) is 73.3 Å². The van der Waals surface area contributed by atoms with Crippen LogP contribution in [-0.4, -0.2) is 12.6 Å². The predicted octanol–water partition coefficient (Wildman–Crippen LogP) is 6.84. The lowest BCUT2D eigenvalue weighted by Gasteiger charge is -2.14. The molecule has 2 nitrogen and oxygen atoms in total. The van der Waals surface area contributed by atoms with Gasteiger partial charge in [0.1, 0.15) is 0 Å². The van der Waals surface area contributed by atoms with E-state index >= 15 is 0 Å². The van der Waals surface area contributed by atoms with Gasteiger partial charge >= 0.3 is 5.97 Å². The van der Waals surface area contributed by atoms with Gasteiger partial charge in [0.25, 0.3) is 0 Å². The molecule has 3 rings (SSSR count). The Hall–Kier alpha value is -3.13. The molecule has 0 aromatic heterocycles. The summed E-state index contributed by atoms with van der Waals surface area (Å²) in [5, 5.41) is 0. The van der Waals surface area contributed by atoms with Crippen molar-refractivity contribution in [1.29, 1.82) is 0 Å². The van der Waals surface area contributed by atoms with E-state index in [1.807, 2.05) is 0 Å². The van der Waals surface area contributed by atoms with Gasteiger partial charge in [0.05, 0.1) is 6.61 Å². The third-order valence-electron chi connectivity index (χ3n) is 6.13. The SMILES string of the molecule is C=CC(=O)OCCc1cc(-c2ccc(CCc3ccc(CC)cc3)cc2CC)ccc1C. The van der Waals surface area contributed by atoms with Crippen LogP contribution in [0.2, 0.25) is 0 Å². The van der Waals surface area contributed by atoms with E-state index in [1.54, 1.807) is 0 Å². The average molecular weight is 427 g/mol. The zero-order valence-corrected chi connectivity index (χ0v) is 19.6. The number of hydrogen-bond donors (Lipinski definition) is 0. The highest BCUT2D eigenvalue weighted by Gasteiger charge is 2.09. The molecule has 0 amide bonds. The van der Waals surface area contributed by atoms with Crippen molar-refractivity contribution in [2.45, 2.75) is 52.9 Å². The minimum absolute atomic E-state index is 0.369. The van der Waals surface area contributed by atoms with Gasteiger partial charge in [-0.15, -0.1) is 0 Å². The van der Waals surface area contributed by atoms with Crippen LogP contribution in [-0.2, 0) is 41.6 Å². The number of carbonyl (C=O) groups excluding carboxylic acids is 1. The Bertz CT molecular complexity index is 1060. The van der Waals surface area contributed by atoms with Crippen molar-refractivity contribution in [1.82, 2.24) is 0 Å². The number of ether oxygens (including phenoxy) is 1. The van der Waals surface area contributed by atoms with Gasteiger partial charge in [-0.3, -0.25) is 0 Å². The lowest BCUT2D eigenvalue weighted by atomic mass is 9.92. The number of hydrogen-bond acceptors (Lipinski definition) is 2. The number of benzene rings is 3. The first-order valence-corrected chi connectivity index (χ1v) is 11.6. The molecule has 0 unspecified atom stereocenters. The third kappa shape index (κ3) is 6.20. The van der Waals surface area contributed by atoms with Gasteiger partial charge in [-0.1, -0.05) is 81.1 Å². The van der Waals surface area contributed by atoms with Crippen molar-refractivity contribution in [2.75, 3.05) is 6.61 Å². The lowest BCUT2D eigenvalue weighted by molar-refractivity contribution is -0.137. The second-order valence-corrected chi connectivity index (χ2v) is 8.28. The van der Waals surface area contributed by atoms with Crippen LogP contribution in [0.5, 0.6) is 0 Å². The number of carbonyl (C=O) groups is 1. The van der Waals surface area contributed by atoms with Crippen LogP contribution in [0.25, 0.3) is 11.1 Å². The second-order valence-electron chi connectivity index (χ2n) is 8.28. The topological polar surface area (TPSA) is 26.3 Å². The van der Waals surface area contributed by atoms with E-state index < -0.39 is 0 Å². The Morgan fingerprint density at radius 2 is 1.50 bits per heavy atom. The smallest absolute Gasteiger partial charge is 0.330 e. The van der Waals surface area contributed by atoms with E-state index in [1.165, 1.54) is 50.6 Å². The molecule has 166 valence electrons. The summed E-state index contributed by atoms with van der Waals surface area (Å²) in [4.78, 5) is 11.3. The van der Waals surface area contributed by atoms with E-state index in [9.17, 15) is 4.79 Å². The summed E-state index contributed by atoms with van der Waals surface area (Å²) >= 11 is 0. The van der Waals surface area contributed by atoms with Crippen molar-refractivity contribution in [2.24, 2.45) is 0 Å². The van der Waals surface area contributed by atoms with Crippen molar-refractivity contribution >= 4 is 5.97 Å². The van der Waals surface area contributed by atoms with E-state index in [0.717, 1.165) is 25.7 Å². The molecule has 0 saturated heterocycles. The molecule has 2 heteroatoms. The molecule has 3 aromatic carbocycles. The first-order chi connectivity index (χ1) is 15.5. The average Bonchev–Trinajstić information content (AvgIpc) is 2.83. The normalized spacial score (nSPS) is 10.7. The standard InChI is InChI=1S/C30H34O2/c1-5-23-9-11-24(12-10-23)13-14-25-15-17-29(26(6-2)20-25)28-16-8-22(4)27(21-28)18-19-32-30(31)7-3/h7-12,15-17,20-21H,3,5-6,13-14,18-19H2,1-2,4H3. The summed E-state index contributed by atoms with van der Waals surface area (Å²) in [5.41, 5.74) is 10.5. The number of aryl methyl sites for hydroxylation is 5. The second kappa shape index (κ2) is 11.5. The molecule has 3 aromatic rings. The zero-order valence-electron chi connectivity index (χ0n) is 19.6. The summed E-state index contributed by atoms with van der Waals surface area (Å²) in [6.45, 7) is 10.3. The van der Waals surface area contributed by atoms with E-state index in [-0.39, 0.29) is 5.97 Å². The summed E-state index contributed by atoms with van der Waals surface area (Å²) in [7, 11) is 0. The maximum absolute atomic E-state index is 11.3. The summed E-state index contributed by atoms with van der Waals surface area (Å²) in [5.74, 6) is -0.371. The van der Waals surface area contributed by atoms with Gasteiger partial charge in [-0.2, -0.15) is 0 Å². The minimum Gasteiger partial charge on any atom is -0.462 e. The first kappa shape index (κ1) is 23.5. The van der Waals surface area contributed by atoms with Crippen molar-refractivity contribution in [3.8, 4) is 11.1 Å². The largest absolute Gasteiger partial charge is 0.462 e. The van der Waals surface area contributed by atoms with Gasteiger partial charge in [-0.05, 0) is 77.1 Å². The monoisotopic (exact) mass is 426 g/mol. The molecule has 0 aliphatic carbocycles. The Morgan fingerprint density at radius 3 is 2.19 bits per heavy atom. The van der Waals surface area contributed by atoms with Crippen molar-refractivity contribution < 1.29 is 9.53 Å². The molecule has 32 heavy (non-hydrogen) atoms. The van der Waals surface area contributed by atoms with Gasteiger partial charge in [0, 0.05) is 12.5 Å². The molecule has 0 radical (unpaired) electrons. The molecule has 0 aliphatic rings. The van der Waals surface area contributed by atoms with Gasteiger partial charge in [0.15, 0.2) is 0 Å². The number of rotatable bonds is 10. The fraction of sp³-hybridized carbons (Fsp3) is 0.300. The quantitative estimate of drug-likeness (QED) is 0.262. The first-order valence-electron chi connectivity index (χ1n) is 11.6. The molecular formula is C30H34O2. The maximum atomic E-state index is 11.3. The Balaban J connectivity index is 1.74. The lowest BCUT2D eigenvalue weighted by Crippen LogP contribution is -2.05. The maximum Gasteiger partial charge on any atom is 0.330 e. The summed E-state index contributed by atoms with van der Waals surface area (Å²) < 4.78 is 5.18. The van der Waals surface area contributed by atoms with Crippen LogP contribution < -0.4 is 0 Å². The van der Waals surface area contributed by atoms with E-state index in [4.69, 9.17) is 4.74 Å². The molecule has 0 atom stereocenters. The molecule has 0 fully saturated rings. The van der Waals surface area contributed by atoms with E-state index in [2.05, 4.69) is 88.0 Å².